The molecular weight excluding hydrogens is 220 g/mol. The fourth-order valence-electron chi connectivity index (χ4n) is 1.30. The average molecular weight is 229 g/mol. The Hall–Kier alpha value is -0.610. The number of methoxy groups -OCH3 is 1. The second-order valence-corrected chi connectivity index (χ2v) is 3.53. The summed E-state index contributed by atoms with van der Waals surface area (Å²) in [7, 11) is 1.69. The molecule has 0 spiro atoms. The van der Waals surface area contributed by atoms with Gasteiger partial charge in [0.05, 0.1) is 0 Å². The van der Waals surface area contributed by atoms with Crippen molar-refractivity contribution in [3.05, 3.63) is 22.3 Å². The molecule has 0 aromatic carbocycles. The molecule has 0 bridgehead atoms. The Labute approximate surface area is 79.3 Å². The number of hydrogen-bond acceptors (Lipinski definition) is 3. The van der Waals surface area contributed by atoms with Crippen LogP contribution in [0.3, 0.4) is 0 Å². The van der Waals surface area contributed by atoms with Gasteiger partial charge in [-0.1, -0.05) is 6.07 Å². The SMILES string of the molecule is COC1Cc2ccc(Br)nc2N1. The second kappa shape index (κ2) is 3.03. The van der Waals surface area contributed by atoms with E-state index in [4.69, 9.17) is 4.74 Å². The predicted molar refractivity (Wildman–Crippen MR) is 50.1 cm³/mol. The molecule has 2 rings (SSSR count). The van der Waals surface area contributed by atoms with Crippen molar-refractivity contribution in [1.29, 1.82) is 0 Å². The zero-order chi connectivity index (χ0) is 8.55. The maximum absolute atomic E-state index is 5.17. The number of halogens is 1. The van der Waals surface area contributed by atoms with Gasteiger partial charge in [0.15, 0.2) is 0 Å². The van der Waals surface area contributed by atoms with Gasteiger partial charge in [-0.3, -0.25) is 0 Å². The lowest BCUT2D eigenvalue weighted by atomic mass is 10.2. The maximum atomic E-state index is 5.17. The third-order valence-electron chi connectivity index (χ3n) is 1.93. The summed E-state index contributed by atoms with van der Waals surface area (Å²) >= 11 is 3.31. The van der Waals surface area contributed by atoms with Gasteiger partial charge in [0.2, 0.25) is 0 Å². The van der Waals surface area contributed by atoms with Crippen LogP contribution in [0.2, 0.25) is 0 Å². The van der Waals surface area contributed by atoms with Gasteiger partial charge in [0, 0.05) is 13.5 Å². The Bertz CT molecular complexity index is 303. The number of hydrogen-bond donors (Lipinski definition) is 1. The van der Waals surface area contributed by atoms with E-state index in [1.54, 1.807) is 7.11 Å². The molecule has 1 aliphatic rings. The van der Waals surface area contributed by atoms with Gasteiger partial charge < -0.3 is 10.1 Å². The lowest BCUT2D eigenvalue weighted by Crippen LogP contribution is -2.17. The second-order valence-electron chi connectivity index (χ2n) is 2.71. The van der Waals surface area contributed by atoms with Crippen LogP contribution in [0, 0.1) is 0 Å². The molecule has 4 heteroatoms. The van der Waals surface area contributed by atoms with E-state index in [2.05, 4.69) is 32.3 Å². The molecule has 1 unspecified atom stereocenters. The minimum absolute atomic E-state index is 0.0850. The predicted octanol–water partition coefficient (Wildman–Crippen LogP) is 1.78. The van der Waals surface area contributed by atoms with Gasteiger partial charge in [-0.25, -0.2) is 4.98 Å². The molecule has 12 heavy (non-hydrogen) atoms. The maximum Gasteiger partial charge on any atom is 0.132 e. The van der Waals surface area contributed by atoms with E-state index in [-0.39, 0.29) is 6.23 Å². The van der Waals surface area contributed by atoms with Crippen molar-refractivity contribution in [1.82, 2.24) is 4.98 Å². The standard InChI is InChI=1S/C8H9BrN2O/c1-12-7-4-5-2-3-6(9)10-8(5)11-7/h2-3,7H,4H2,1H3,(H,10,11). The van der Waals surface area contributed by atoms with Crippen molar-refractivity contribution in [2.24, 2.45) is 0 Å². The van der Waals surface area contributed by atoms with E-state index in [0.717, 1.165) is 16.8 Å². The molecule has 0 saturated heterocycles. The molecule has 0 fully saturated rings. The van der Waals surface area contributed by atoms with Crippen LogP contribution < -0.4 is 5.32 Å². The fourth-order valence-corrected chi connectivity index (χ4v) is 1.61. The number of aromatic nitrogens is 1. The first-order valence-electron chi connectivity index (χ1n) is 3.74. The van der Waals surface area contributed by atoms with Gasteiger partial charge in [0.25, 0.3) is 0 Å². The van der Waals surface area contributed by atoms with E-state index in [9.17, 15) is 0 Å². The Kier molecular flexibility index (Phi) is 2.02. The van der Waals surface area contributed by atoms with Crippen LogP contribution in [-0.2, 0) is 11.2 Å². The number of pyridine rings is 1. The van der Waals surface area contributed by atoms with Gasteiger partial charge in [0.1, 0.15) is 16.6 Å². The molecule has 3 nitrogen and oxygen atoms in total. The molecule has 0 saturated carbocycles. The third-order valence-corrected chi connectivity index (χ3v) is 2.37. The van der Waals surface area contributed by atoms with Crippen LogP contribution in [0.4, 0.5) is 5.82 Å². The quantitative estimate of drug-likeness (QED) is 0.745. The molecule has 0 aliphatic carbocycles. The topological polar surface area (TPSA) is 34.1 Å². The van der Waals surface area contributed by atoms with E-state index in [1.165, 1.54) is 5.56 Å². The van der Waals surface area contributed by atoms with Gasteiger partial charge in [-0.05, 0) is 27.6 Å². The molecule has 1 N–H and O–H groups in total. The smallest absolute Gasteiger partial charge is 0.132 e. The van der Waals surface area contributed by atoms with E-state index >= 15 is 0 Å². The van der Waals surface area contributed by atoms with Crippen LogP contribution in [-0.4, -0.2) is 18.3 Å². The minimum Gasteiger partial charge on any atom is -0.361 e. The van der Waals surface area contributed by atoms with Gasteiger partial charge in [-0.2, -0.15) is 0 Å². The first-order valence-corrected chi connectivity index (χ1v) is 4.53. The molecular formula is C8H9BrN2O. The van der Waals surface area contributed by atoms with Crippen LogP contribution in [0.15, 0.2) is 16.7 Å². The Balaban J connectivity index is 2.30. The molecule has 1 atom stereocenters. The van der Waals surface area contributed by atoms with E-state index < -0.39 is 0 Å². The Morgan fingerprint density at radius 2 is 2.50 bits per heavy atom. The summed E-state index contributed by atoms with van der Waals surface area (Å²) in [5.74, 6) is 0.927. The summed E-state index contributed by atoms with van der Waals surface area (Å²) in [5, 5.41) is 3.16. The summed E-state index contributed by atoms with van der Waals surface area (Å²) in [6, 6.07) is 4.00. The van der Waals surface area contributed by atoms with E-state index in [0.29, 0.717) is 0 Å². The van der Waals surface area contributed by atoms with Crippen LogP contribution in [0.25, 0.3) is 0 Å². The lowest BCUT2D eigenvalue weighted by Gasteiger charge is -2.06. The summed E-state index contributed by atoms with van der Waals surface area (Å²) in [4.78, 5) is 4.28. The number of rotatable bonds is 1. The number of anilines is 1. The zero-order valence-electron chi connectivity index (χ0n) is 6.67. The molecule has 0 radical (unpaired) electrons. The van der Waals surface area contributed by atoms with Crippen molar-refractivity contribution < 1.29 is 4.74 Å². The number of fused-ring (bicyclic) bond motifs is 1. The van der Waals surface area contributed by atoms with Crippen molar-refractivity contribution in [3.8, 4) is 0 Å². The van der Waals surface area contributed by atoms with Crippen LogP contribution in [0.1, 0.15) is 5.56 Å². The monoisotopic (exact) mass is 228 g/mol. The highest BCUT2D eigenvalue weighted by Gasteiger charge is 2.20. The minimum atomic E-state index is 0.0850. The van der Waals surface area contributed by atoms with Crippen molar-refractivity contribution in [3.63, 3.8) is 0 Å². The first kappa shape index (κ1) is 8.01. The summed E-state index contributed by atoms with van der Waals surface area (Å²) in [6.07, 6.45) is 0.980. The molecule has 2 heterocycles. The number of ether oxygens (including phenoxy) is 1. The van der Waals surface area contributed by atoms with Crippen molar-refractivity contribution in [2.45, 2.75) is 12.6 Å². The molecule has 64 valence electrons. The van der Waals surface area contributed by atoms with Crippen molar-refractivity contribution >= 4 is 21.7 Å². The highest BCUT2D eigenvalue weighted by Crippen LogP contribution is 2.25. The van der Waals surface area contributed by atoms with Crippen molar-refractivity contribution in [2.75, 3.05) is 12.4 Å². The average Bonchev–Trinajstić information content (AvgIpc) is 2.46. The number of nitrogens with one attached hydrogen (secondary N) is 1. The van der Waals surface area contributed by atoms with Gasteiger partial charge in [-0.15, -0.1) is 0 Å². The van der Waals surface area contributed by atoms with E-state index in [1.807, 2.05) is 6.07 Å². The molecule has 1 aromatic heterocycles. The highest BCUT2D eigenvalue weighted by atomic mass is 79.9. The third kappa shape index (κ3) is 1.32. The fraction of sp³-hybridized carbons (Fsp3) is 0.375. The van der Waals surface area contributed by atoms with Gasteiger partial charge >= 0.3 is 0 Å². The molecule has 1 aliphatic heterocycles. The molecule has 1 aromatic rings. The summed E-state index contributed by atoms with van der Waals surface area (Å²) in [6.45, 7) is 0. The Morgan fingerprint density at radius 3 is 3.25 bits per heavy atom. The van der Waals surface area contributed by atoms with Crippen LogP contribution in [0.5, 0.6) is 0 Å². The Morgan fingerprint density at radius 1 is 1.67 bits per heavy atom. The largest absolute Gasteiger partial charge is 0.361 e. The zero-order valence-corrected chi connectivity index (χ0v) is 8.26. The summed E-state index contributed by atoms with van der Waals surface area (Å²) < 4.78 is 6.02. The first-order chi connectivity index (χ1) is 5.79. The summed E-state index contributed by atoms with van der Waals surface area (Å²) in [5.41, 5.74) is 1.21. The van der Waals surface area contributed by atoms with Crippen LogP contribution >= 0.6 is 15.9 Å². The lowest BCUT2D eigenvalue weighted by molar-refractivity contribution is 0.131. The highest BCUT2D eigenvalue weighted by molar-refractivity contribution is 9.10. The molecule has 0 amide bonds. The number of nitrogens with zero attached hydrogens (tertiary/aromatic N) is 1. The normalized spacial score (nSPS) is 20.3.